The Balaban J connectivity index is -0.00000000500. The van der Waals surface area contributed by atoms with Gasteiger partial charge in [-0.25, -0.2) is 5.90 Å². The van der Waals surface area contributed by atoms with E-state index in [1.165, 1.54) is 0 Å². The molecule has 2 nitrogen and oxygen atoms in total. The van der Waals surface area contributed by atoms with E-state index >= 15 is 0 Å². The Morgan fingerprint density at radius 3 is 1.25 bits per heavy atom. The van der Waals surface area contributed by atoms with Crippen LogP contribution in [0, 0.1) is 0 Å². The Morgan fingerprint density at radius 2 is 1.25 bits per heavy atom. The summed E-state index contributed by atoms with van der Waals surface area (Å²) in [5.41, 5.74) is 0. The van der Waals surface area contributed by atoms with Crippen LogP contribution in [0.3, 0.4) is 0 Å². The average molecular weight is 125 g/mol. The first-order chi connectivity index (χ1) is 1.00. The van der Waals surface area contributed by atoms with E-state index in [0.29, 0.717) is 0 Å². The molecule has 0 heterocycles. The van der Waals surface area contributed by atoms with Gasteiger partial charge in [-0.3, -0.25) is 0 Å². The summed E-state index contributed by atoms with van der Waals surface area (Å²) in [6.45, 7) is 0. The SMILES string of the molecule is Cl.NO.[Fe]. The zero-order valence-electron chi connectivity index (χ0n) is 1.79. The van der Waals surface area contributed by atoms with Gasteiger partial charge in [-0.1, -0.05) is 0 Å². The third kappa shape index (κ3) is 15.3. The molecule has 30 valence electrons. The van der Waals surface area contributed by atoms with Crippen LogP contribution in [0.25, 0.3) is 0 Å². The second kappa shape index (κ2) is 52.2. The summed E-state index contributed by atoms with van der Waals surface area (Å²) in [5, 5.41) is 6.50. The second-order valence-corrected chi connectivity index (χ2v) is 0. The smallest absolute Gasteiger partial charge is 0 e. The van der Waals surface area contributed by atoms with Crippen LogP contribution in [-0.2, 0) is 17.1 Å². The summed E-state index contributed by atoms with van der Waals surface area (Å²) in [4.78, 5) is 0. The monoisotopic (exact) mass is 125 g/mol. The maximum Gasteiger partial charge on any atom is 0 e. The third-order valence-electron chi connectivity index (χ3n) is 0. The first-order valence-corrected chi connectivity index (χ1v) is 0.258. The molecule has 3 N–H and O–H groups in total. The molecular formula is H4ClFeNO. The van der Waals surface area contributed by atoms with Gasteiger partial charge in [-0.05, 0) is 0 Å². The van der Waals surface area contributed by atoms with Crippen molar-refractivity contribution in [2.75, 3.05) is 0 Å². The molecule has 0 aliphatic rings. The van der Waals surface area contributed by atoms with Crippen LogP contribution in [-0.4, -0.2) is 5.21 Å². The van der Waals surface area contributed by atoms with Crippen molar-refractivity contribution in [1.82, 2.24) is 0 Å². The Kier molecular flexibility index (Phi) is 287. The van der Waals surface area contributed by atoms with Gasteiger partial charge in [0.1, 0.15) is 0 Å². The molecule has 0 aromatic carbocycles. The molecule has 0 aromatic rings. The van der Waals surface area contributed by atoms with Crippen molar-refractivity contribution in [1.29, 1.82) is 0 Å². The standard InChI is InChI=1S/ClH.Fe.H3NO/c;;1-2/h1H;;2H,1H2. The minimum absolute atomic E-state index is 0. The van der Waals surface area contributed by atoms with Gasteiger partial charge in [0.25, 0.3) is 0 Å². The van der Waals surface area contributed by atoms with Gasteiger partial charge >= 0.3 is 0 Å². The van der Waals surface area contributed by atoms with Crippen molar-refractivity contribution in [3.63, 3.8) is 0 Å². The fraction of sp³-hybridized carbons (Fsp3) is 0. The van der Waals surface area contributed by atoms with Crippen molar-refractivity contribution in [3.8, 4) is 0 Å². The average Bonchev–Trinajstić information content (AvgIpc) is 1.00. The molecule has 0 aromatic heterocycles. The van der Waals surface area contributed by atoms with Crippen molar-refractivity contribution in [2.45, 2.75) is 0 Å². The topological polar surface area (TPSA) is 46.2 Å². The first-order valence-electron chi connectivity index (χ1n) is 0.258. The molecule has 4 heteroatoms. The van der Waals surface area contributed by atoms with Crippen molar-refractivity contribution >= 4 is 12.4 Å². The predicted octanol–water partition coefficient (Wildman–Crippen LogP) is -0.246. The van der Waals surface area contributed by atoms with Gasteiger partial charge in [-0.15, -0.1) is 12.4 Å². The Hall–Kier alpha value is 0.729. The van der Waals surface area contributed by atoms with Crippen LogP contribution >= 0.6 is 12.4 Å². The third-order valence-corrected chi connectivity index (χ3v) is 0. The van der Waals surface area contributed by atoms with E-state index in [-0.39, 0.29) is 29.5 Å². The minimum atomic E-state index is 0. The molecule has 0 saturated carbocycles. The normalized spacial score (nSPS) is 1.50. The van der Waals surface area contributed by atoms with Gasteiger partial charge in [0.15, 0.2) is 0 Å². The first kappa shape index (κ1) is 22.0. The van der Waals surface area contributed by atoms with Crippen LogP contribution in [0.1, 0.15) is 0 Å². The summed E-state index contributed by atoms with van der Waals surface area (Å²) in [5.74, 6) is 3.50. The Bertz CT molecular complexity index is 8.00. The molecule has 0 radical (unpaired) electrons. The molecule has 0 saturated heterocycles. The van der Waals surface area contributed by atoms with E-state index < -0.39 is 0 Å². The van der Waals surface area contributed by atoms with Crippen LogP contribution in [0.2, 0.25) is 0 Å². The number of hydrogen-bond acceptors (Lipinski definition) is 2. The molecule has 0 unspecified atom stereocenters. The quantitative estimate of drug-likeness (QED) is 0.346. The van der Waals surface area contributed by atoms with Crippen LogP contribution in [0.5, 0.6) is 0 Å². The summed E-state index contributed by atoms with van der Waals surface area (Å²) < 4.78 is 0. The molecule has 0 spiro atoms. The molecule has 0 aliphatic heterocycles. The Labute approximate surface area is 41.2 Å². The van der Waals surface area contributed by atoms with Crippen LogP contribution in [0.15, 0.2) is 0 Å². The fourth-order valence-corrected chi connectivity index (χ4v) is 0. The van der Waals surface area contributed by atoms with E-state index in [9.17, 15) is 0 Å². The van der Waals surface area contributed by atoms with Crippen molar-refractivity contribution in [3.05, 3.63) is 0 Å². The van der Waals surface area contributed by atoms with Crippen molar-refractivity contribution in [2.24, 2.45) is 5.90 Å². The van der Waals surface area contributed by atoms with E-state index in [2.05, 4.69) is 5.90 Å². The van der Waals surface area contributed by atoms with Gasteiger partial charge < -0.3 is 5.21 Å². The largest absolute Gasteiger partial charge is 0.320 e. The molecule has 0 aliphatic carbocycles. The molecular weight excluding hydrogens is 121 g/mol. The summed E-state index contributed by atoms with van der Waals surface area (Å²) in [6, 6.07) is 0. The van der Waals surface area contributed by atoms with Crippen LogP contribution in [0.4, 0.5) is 0 Å². The van der Waals surface area contributed by atoms with E-state index in [1.54, 1.807) is 0 Å². The summed E-state index contributed by atoms with van der Waals surface area (Å²) >= 11 is 0. The molecule has 0 fully saturated rings. The van der Waals surface area contributed by atoms with Gasteiger partial charge in [0, 0.05) is 17.1 Å². The van der Waals surface area contributed by atoms with E-state index in [4.69, 9.17) is 5.21 Å². The zero-order chi connectivity index (χ0) is 2.00. The number of halogens is 1. The molecule has 0 rings (SSSR count). The zero-order valence-corrected chi connectivity index (χ0v) is 3.71. The predicted molar refractivity (Wildman–Crippen MR) is 13.2 cm³/mol. The minimum Gasteiger partial charge on any atom is -0.320 e. The van der Waals surface area contributed by atoms with E-state index in [1.807, 2.05) is 0 Å². The van der Waals surface area contributed by atoms with Gasteiger partial charge in [0.2, 0.25) is 0 Å². The molecule has 4 heavy (non-hydrogen) atoms. The second-order valence-electron chi connectivity index (χ2n) is 0. The fourth-order valence-electron chi connectivity index (χ4n) is 0. The summed E-state index contributed by atoms with van der Waals surface area (Å²) in [7, 11) is 0. The molecule has 0 atom stereocenters. The van der Waals surface area contributed by atoms with Crippen molar-refractivity contribution < 1.29 is 22.3 Å². The van der Waals surface area contributed by atoms with Gasteiger partial charge in [0.05, 0.1) is 0 Å². The number of hydrogen-bond donors (Lipinski definition) is 2. The summed E-state index contributed by atoms with van der Waals surface area (Å²) in [6.07, 6.45) is 0. The maximum absolute atomic E-state index is 6.50. The van der Waals surface area contributed by atoms with Crippen LogP contribution < -0.4 is 5.90 Å². The van der Waals surface area contributed by atoms with Gasteiger partial charge in [-0.2, -0.15) is 0 Å². The number of nitrogens with two attached hydrogens (primary N) is 1. The van der Waals surface area contributed by atoms with E-state index in [0.717, 1.165) is 0 Å². The molecule has 0 bridgehead atoms. The maximum atomic E-state index is 6.50. The number of rotatable bonds is 0. The molecule has 0 amide bonds. The Morgan fingerprint density at radius 1 is 1.25 bits per heavy atom.